The van der Waals surface area contributed by atoms with Crippen LogP contribution in [0.25, 0.3) is 0 Å². The van der Waals surface area contributed by atoms with Crippen molar-refractivity contribution in [3.8, 4) is 0 Å². The molecule has 132 valence electrons. The van der Waals surface area contributed by atoms with Gasteiger partial charge >= 0.3 is 6.03 Å². The highest BCUT2D eigenvalue weighted by molar-refractivity contribution is 9.10. The first-order chi connectivity index (χ1) is 12.0. The van der Waals surface area contributed by atoms with Gasteiger partial charge in [-0.05, 0) is 30.3 Å². The Labute approximate surface area is 154 Å². The molecule has 0 atom stereocenters. The van der Waals surface area contributed by atoms with Gasteiger partial charge in [-0.1, -0.05) is 22.0 Å². The van der Waals surface area contributed by atoms with Crippen LogP contribution in [0.1, 0.15) is 0 Å². The summed E-state index contributed by atoms with van der Waals surface area (Å²) < 4.78 is 27.5. The lowest BCUT2D eigenvalue weighted by Gasteiger charge is -2.34. The molecule has 1 N–H and O–H groups in total. The zero-order valence-electron chi connectivity index (χ0n) is 13.3. The second kappa shape index (κ2) is 7.51. The van der Waals surface area contributed by atoms with Crippen molar-refractivity contribution in [1.29, 1.82) is 0 Å². The van der Waals surface area contributed by atoms with Gasteiger partial charge in [0.1, 0.15) is 0 Å². The zero-order valence-corrected chi connectivity index (χ0v) is 15.7. The van der Waals surface area contributed by atoms with Crippen LogP contribution in [0.5, 0.6) is 0 Å². The molecule has 2 heterocycles. The predicted molar refractivity (Wildman–Crippen MR) is 97.7 cm³/mol. The largest absolute Gasteiger partial charge is 0.322 e. The Kier molecular flexibility index (Phi) is 5.36. The number of benzene rings is 1. The lowest BCUT2D eigenvalue weighted by molar-refractivity contribution is 0.184. The molecule has 1 aliphatic rings. The van der Waals surface area contributed by atoms with E-state index in [0.717, 1.165) is 0 Å². The standard InChI is InChI=1S/C16H17BrN4O3S/c17-13-2-1-3-15(12-13)25(23,24)21-10-8-20(9-11-21)16(22)19-14-4-6-18-7-5-14/h1-7,12H,8-11H2,(H,18,19,22). The summed E-state index contributed by atoms with van der Waals surface area (Å²) in [5.74, 6) is 0. The van der Waals surface area contributed by atoms with Gasteiger partial charge in [-0.15, -0.1) is 0 Å². The van der Waals surface area contributed by atoms with Gasteiger partial charge in [-0.25, -0.2) is 13.2 Å². The van der Waals surface area contributed by atoms with Crippen molar-refractivity contribution in [3.05, 3.63) is 53.3 Å². The third-order valence-corrected chi connectivity index (χ3v) is 6.28. The molecule has 3 rings (SSSR count). The van der Waals surface area contributed by atoms with Crippen molar-refractivity contribution >= 4 is 37.7 Å². The average Bonchev–Trinajstić information content (AvgIpc) is 2.62. The van der Waals surface area contributed by atoms with E-state index in [4.69, 9.17) is 0 Å². The minimum atomic E-state index is -3.56. The van der Waals surface area contributed by atoms with Crippen molar-refractivity contribution in [3.63, 3.8) is 0 Å². The van der Waals surface area contributed by atoms with Gasteiger partial charge in [0.05, 0.1) is 4.90 Å². The Morgan fingerprint density at radius 2 is 1.76 bits per heavy atom. The summed E-state index contributed by atoms with van der Waals surface area (Å²) in [6, 6.07) is 9.78. The van der Waals surface area contributed by atoms with Crippen LogP contribution in [0.4, 0.5) is 10.5 Å². The first-order valence-corrected chi connectivity index (χ1v) is 9.92. The number of aromatic nitrogens is 1. The molecule has 25 heavy (non-hydrogen) atoms. The molecule has 1 saturated heterocycles. The van der Waals surface area contributed by atoms with Gasteiger partial charge in [-0.2, -0.15) is 4.31 Å². The number of carbonyl (C=O) groups excluding carboxylic acids is 1. The van der Waals surface area contributed by atoms with Crippen molar-refractivity contribution in [2.75, 3.05) is 31.5 Å². The molecule has 1 aromatic heterocycles. The minimum absolute atomic E-state index is 0.245. The number of pyridine rings is 1. The normalized spacial score (nSPS) is 15.8. The van der Waals surface area contributed by atoms with Gasteiger partial charge < -0.3 is 10.2 Å². The average molecular weight is 425 g/mol. The Morgan fingerprint density at radius 3 is 2.40 bits per heavy atom. The fourth-order valence-electron chi connectivity index (χ4n) is 2.55. The topological polar surface area (TPSA) is 82.6 Å². The number of piperazine rings is 1. The van der Waals surface area contributed by atoms with Gasteiger partial charge in [0, 0.05) is 48.7 Å². The van der Waals surface area contributed by atoms with E-state index >= 15 is 0 Å². The number of urea groups is 1. The van der Waals surface area contributed by atoms with E-state index in [2.05, 4.69) is 26.2 Å². The van der Waals surface area contributed by atoms with Crippen LogP contribution in [0.3, 0.4) is 0 Å². The summed E-state index contributed by atoms with van der Waals surface area (Å²) in [7, 11) is -3.56. The maximum absolute atomic E-state index is 12.7. The number of hydrogen-bond donors (Lipinski definition) is 1. The molecular formula is C16H17BrN4O3S. The highest BCUT2D eigenvalue weighted by Crippen LogP contribution is 2.21. The van der Waals surface area contributed by atoms with Crippen LogP contribution in [0, 0.1) is 0 Å². The molecule has 1 aromatic carbocycles. The number of rotatable bonds is 3. The Hall–Kier alpha value is -1.97. The molecule has 2 amide bonds. The highest BCUT2D eigenvalue weighted by Gasteiger charge is 2.30. The smallest absolute Gasteiger partial charge is 0.321 e. The summed E-state index contributed by atoms with van der Waals surface area (Å²) in [5, 5.41) is 2.78. The van der Waals surface area contributed by atoms with Crippen LogP contribution >= 0.6 is 15.9 Å². The second-order valence-corrected chi connectivity index (χ2v) is 8.37. The maximum atomic E-state index is 12.7. The lowest BCUT2D eigenvalue weighted by atomic mass is 10.3. The third kappa shape index (κ3) is 4.17. The van der Waals surface area contributed by atoms with Crippen molar-refractivity contribution < 1.29 is 13.2 Å². The number of amides is 2. The van der Waals surface area contributed by atoms with Gasteiger partial charge in [0.2, 0.25) is 10.0 Å². The van der Waals surface area contributed by atoms with Crippen LogP contribution in [0.2, 0.25) is 0 Å². The monoisotopic (exact) mass is 424 g/mol. The summed E-state index contributed by atoms with van der Waals surface area (Å²) >= 11 is 3.29. The molecule has 2 aromatic rings. The minimum Gasteiger partial charge on any atom is -0.322 e. The van der Waals surface area contributed by atoms with Gasteiger partial charge in [-0.3, -0.25) is 4.98 Å². The van der Waals surface area contributed by atoms with Crippen molar-refractivity contribution in [2.45, 2.75) is 4.90 Å². The molecule has 0 saturated carbocycles. The third-order valence-electron chi connectivity index (χ3n) is 3.89. The molecule has 9 heteroatoms. The van der Waals surface area contributed by atoms with E-state index in [1.54, 1.807) is 53.7 Å². The maximum Gasteiger partial charge on any atom is 0.321 e. The summed E-state index contributed by atoms with van der Waals surface area (Å²) in [6.45, 7) is 1.20. The SMILES string of the molecule is O=C(Nc1ccncc1)N1CCN(S(=O)(=O)c2cccc(Br)c2)CC1. The molecule has 0 aliphatic carbocycles. The van der Waals surface area contributed by atoms with Gasteiger partial charge in [0.15, 0.2) is 0 Å². The Morgan fingerprint density at radius 1 is 1.08 bits per heavy atom. The number of sulfonamides is 1. The Balaban J connectivity index is 1.62. The van der Waals surface area contributed by atoms with Crippen molar-refractivity contribution in [2.24, 2.45) is 0 Å². The first kappa shape index (κ1) is 17.8. The first-order valence-electron chi connectivity index (χ1n) is 7.68. The molecule has 0 bridgehead atoms. The van der Waals surface area contributed by atoms with Gasteiger partial charge in [0.25, 0.3) is 0 Å². The number of hydrogen-bond acceptors (Lipinski definition) is 4. The molecule has 0 unspecified atom stereocenters. The highest BCUT2D eigenvalue weighted by atomic mass is 79.9. The second-order valence-electron chi connectivity index (χ2n) is 5.51. The van der Waals surface area contributed by atoms with E-state index in [1.165, 1.54) is 4.31 Å². The lowest BCUT2D eigenvalue weighted by Crippen LogP contribution is -2.51. The number of halogens is 1. The fraction of sp³-hybridized carbons (Fsp3) is 0.250. The summed E-state index contributed by atoms with van der Waals surface area (Å²) in [6.07, 6.45) is 3.19. The van der Waals surface area contributed by atoms with Crippen molar-refractivity contribution in [1.82, 2.24) is 14.2 Å². The Bertz CT molecular complexity index is 853. The quantitative estimate of drug-likeness (QED) is 0.819. The van der Waals surface area contributed by atoms with E-state index < -0.39 is 10.0 Å². The molecule has 0 spiro atoms. The van der Waals surface area contributed by atoms with Crippen LogP contribution in [0.15, 0.2) is 58.2 Å². The van der Waals surface area contributed by atoms with Crippen LogP contribution in [-0.2, 0) is 10.0 Å². The van der Waals surface area contributed by atoms with E-state index in [-0.39, 0.29) is 24.0 Å². The zero-order chi connectivity index (χ0) is 17.9. The molecule has 1 aliphatic heterocycles. The number of nitrogens with zero attached hydrogens (tertiary/aromatic N) is 3. The summed E-state index contributed by atoms with van der Waals surface area (Å²) in [4.78, 5) is 18.0. The molecule has 1 fully saturated rings. The van der Waals surface area contributed by atoms with Crippen LogP contribution in [-0.4, -0.2) is 54.8 Å². The van der Waals surface area contributed by atoms with E-state index in [0.29, 0.717) is 23.2 Å². The molecule has 0 radical (unpaired) electrons. The fourth-order valence-corrected chi connectivity index (χ4v) is 4.57. The number of carbonyl (C=O) groups is 1. The predicted octanol–water partition coefficient (Wildman–Crippen LogP) is 2.38. The summed E-state index contributed by atoms with van der Waals surface area (Å²) in [5.41, 5.74) is 0.657. The molecule has 7 nitrogen and oxygen atoms in total. The van der Waals surface area contributed by atoms with Crippen LogP contribution < -0.4 is 5.32 Å². The van der Waals surface area contributed by atoms with E-state index in [1.807, 2.05) is 0 Å². The number of nitrogens with one attached hydrogen (secondary N) is 1. The molecular weight excluding hydrogens is 408 g/mol. The van der Waals surface area contributed by atoms with E-state index in [9.17, 15) is 13.2 Å². The number of anilines is 1.